The monoisotopic (exact) mass is 668 g/mol. The van der Waals surface area contributed by atoms with Crippen LogP contribution >= 0.6 is 11.3 Å². The third-order valence-corrected chi connectivity index (χ3v) is 10.5. The van der Waals surface area contributed by atoms with Gasteiger partial charge < -0.3 is 9.80 Å². The topological polar surface area (TPSA) is 34.6 Å². The van der Waals surface area contributed by atoms with Gasteiger partial charge in [-0.05, 0) is 106 Å². The normalized spacial score (nSPS) is 11.1. The molecule has 0 bridgehead atoms. The molecule has 0 fully saturated rings. The predicted octanol–water partition coefficient (Wildman–Crippen LogP) is 13.7. The van der Waals surface area contributed by atoms with E-state index < -0.39 is 0 Å². The van der Waals surface area contributed by atoms with Crippen LogP contribution in [0.2, 0.25) is 0 Å². The molecule has 0 saturated heterocycles. The van der Waals surface area contributed by atoms with Crippen molar-refractivity contribution in [2.75, 3.05) is 9.80 Å². The van der Waals surface area contributed by atoms with E-state index in [4.69, 9.17) is 6.57 Å². The first kappa shape index (κ1) is 30.2. The lowest BCUT2D eigenvalue weighted by atomic mass is 10.1. The van der Waals surface area contributed by atoms with Gasteiger partial charge in [-0.2, -0.15) is 5.26 Å². The van der Waals surface area contributed by atoms with Gasteiger partial charge in [0.05, 0.1) is 18.2 Å². The Hall–Kier alpha value is -6.92. The van der Waals surface area contributed by atoms with E-state index in [-0.39, 0.29) is 0 Å². The molecule has 238 valence electrons. The van der Waals surface area contributed by atoms with E-state index in [2.05, 4.69) is 142 Å². The quantitative estimate of drug-likeness (QED) is 0.165. The van der Waals surface area contributed by atoms with Crippen molar-refractivity contribution < 1.29 is 0 Å². The molecular weight excluding hydrogens is 641 g/mol. The van der Waals surface area contributed by atoms with Gasteiger partial charge in [-0.1, -0.05) is 84.9 Å². The minimum absolute atomic E-state index is 0.617. The van der Waals surface area contributed by atoms with Gasteiger partial charge in [-0.15, -0.1) is 11.3 Å². The number of nitrogens with zero attached hydrogens (tertiary/aromatic N) is 4. The second-order valence-electron chi connectivity index (χ2n) is 12.5. The largest absolute Gasteiger partial charge is 0.311 e. The Bertz CT molecular complexity index is 2640. The van der Waals surface area contributed by atoms with Crippen LogP contribution in [0.25, 0.3) is 46.6 Å². The van der Waals surface area contributed by atoms with E-state index >= 15 is 0 Å². The molecule has 0 atom stereocenters. The fraction of sp³-hybridized carbons (Fsp3) is 0. The summed E-state index contributed by atoms with van der Waals surface area (Å²) < 4.78 is 2.39. The third kappa shape index (κ3) is 5.49. The molecular formula is C46H28N4S. The maximum atomic E-state index is 9.48. The SMILES string of the molecule is [C-]#[N+]c1ccc(N(c2ccc3ccccc3c2)c2ccc3c(c2)sc2cc(N(c4ccc(C#N)cc4)c4ccc5ccccc5c4)ccc23)cc1. The minimum atomic E-state index is 0.617. The molecule has 1 heterocycles. The molecule has 0 aliphatic carbocycles. The van der Waals surface area contributed by atoms with Crippen molar-refractivity contribution >= 4 is 92.9 Å². The van der Waals surface area contributed by atoms with Crippen molar-refractivity contribution in [3.63, 3.8) is 0 Å². The van der Waals surface area contributed by atoms with Gasteiger partial charge in [0.25, 0.3) is 0 Å². The van der Waals surface area contributed by atoms with Crippen molar-refractivity contribution in [3.8, 4) is 6.07 Å². The number of fused-ring (bicyclic) bond motifs is 5. The summed E-state index contributed by atoms with van der Waals surface area (Å²) in [5, 5.41) is 16.6. The number of hydrogen-bond acceptors (Lipinski definition) is 4. The van der Waals surface area contributed by atoms with E-state index in [0.717, 1.165) is 34.1 Å². The fourth-order valence-electron chi connectivity index (χ4n) is 6.92. The Labute approximate surface area is 299 Å². The Morgan fingerprint density at radius 3 is 1.33 bits per heavy atom. The lowest BCUT2D eigenvalue weighted by molar-refractivity contribution is 1.29. The summed E-state index contributed by atoms with van der Waals surface area (Å²) in [5.41, 5.74) is 7.44. The maximum absolute atomic E-state index is 9.48. The van der Waals surface area contributed by atoms with Gasteiger partial charge >= 0.3 is 0 Å². The Kier molecular flexibility index (Phi) is 7.40. The molecule has 8 aromatic carbocycles. The number of hydrogen-bond donors (Lipinski definition) is 0. The van der Waals surface area contributed by atoms with Crippen LogP contribution in [0.1, 0.15) is 5.56 Å². The van der Waals surface area contributed by atoms with E-state index in [9.17, 15) is 5.26 Å². The summed E-state index contributed by atoms with van der Waals surface area (Å²) in [7, 11) is 0. The molecule has 51 heavy (non-hydrogen) atoms. The van der Waals surface area contributed by atoms with Gasteiger partial charge in [-0.25, -0.2) is 4.85 Å². The summed E-state index contributed by atoms with van der Waals surface area (Å²) in [6, 6.07) is 61.1. The van der Waals surface area contributed by atoms with Gasteiger partial charge in [0.2, 0.25) is 0 Å². The summed E-state index contributed by atoms with van der Waals surface area (Å²) in [6.45, 7) is 7.47. The van der Waals surface area contributed by atoms with Crippen molar-refractivity contribution in [2.45, 2.75) is 0 Å². The fourth-order valence-corrected chi connectivity index (χ4v) is 8.09. The zero-order valence-electron chi connectivity index (χ0n) is 27.4. The van der Waals surface area contributed by atoms with Crippen molar-refractivity contribution in [1.82, 2.24) is 0 Å². The summed E-state index contributed by atoms with van der Waals surface area (Å²) >= 11 is 1.79. The van der Waals surface area contributed by atoms with Crippen LogP contribution in [0.4, 0.5) is 39.8 Å². The van der Waals surface area contributed by atoms with Crippen LogP contribution in [0.15, 0.2) is 170 Å². The van der Waals surface area contributed by atoms with Crippen LogP contribution in [0, 0.1) is 17.9 Å². The molecule has 0 N–H and O–H groups in total. The second kappa shape index (κ2) is 12.5. The van der Waals surface area contributed by atoms with Crippen LogP contribution in [-0.2, 0) is 0 Å². The Morgan fingerprint density at radius 2 is 0.863 bits per heavy atom. The van der Waals surface area contributed by atoms with E-state index in [1.807, 2.05) is 48.5 Å². The Balaban J connectivity index is 1.17. The van der Waals surface area contributed by atoms with Crippen LogP contribution in [0.3, 0.4) is 0 Å². The van der Waals surface area contributed by atoms with E-state index in [1.165, 1.54) is 41.7 Å². The molecule has 0 aliphatic heterocycles. The molecule has 9 aromatic rings. The minimum Gasteiger partial charge on any atom is -0.311 e. The highest BCUT2D eigenvalue weighted by atomic mass is 32.1. The van der Waals surface area contributed by atoms with Crippen molar-refractivity contribution in [2.24, 2.45) is 0 Å². The predicted molar refractivity (Wildman–Crippen MR) is 215 cm³/mol. The van der Waals surface area contributed by atoms with Gasteiger partial charge in [-0.3, -0.25) is 0 Å². The molecule has 0 radical (unpaired) electrons. The number of benzene rings is 8. The van der Waals surface area contributed by atoms with Gasteiger partial charge in [0.15, 0.2) is 5.69 Å². The summed E-state index contributed by atoms with van der Waals surface area (Å²) in [5.74, 6) is 0. The second-order valence-corrected chi connectivity index (χ2v) is 13.6. The molecule has 9 rings (SSSR count). The van der Waals surface area contributed by atoms with E-state index in [1.54, 1.807) is 11.3 Å². The third-order valence-electron chi connectivity index (χ3n) is 9.43. The van der Waals surface area contributed by atoms with Gasteiger partial charge in [0, 0.05) is 54.3 Å². The molecule has 0 spiro atoms. The van der Waals surface area contributed by atoms with E-state index in [0.29, 0.717) is 11.3 Å². The molecule has 4 nitrogen and oxygen atoms in total. The van der Waals surface area contributed by atoms with Crippen LogP contribution in [0.5, 0.6) is 0 Å². The van der Waals surface area contributed by atoms with Crippen LogP contribution in [-0.4, -0.2) is 0 Å². The first-order valence-electron chi connectivity index (χ1n) is 16.7. The summed E-state index contributed by atoms with van der Waals surface area (Å²) in [6.07, 6.45) is 0. The van der Waals surface area contributed by atoms with Crippen molar-refractivity contribution in [1.29, 1.82) is 5.26 Å². The van der Waals surface area contributed by atoms with Gasteiger partial charge in [0.1, 0.15) is 0 Å². The molecule has 0 aliphatic rings. The number of nitriles is 1. The summed E-state index contributed by atoms with van der Waals surface area (Å²) in [4.78, 5) is 8.15. The Morgan fingerprint density at radius 1 is 0.451 bits per heavy atom. The average Bonchev–Trinajstić information content (AvgIpc) is 3.56. The highest BCUT2D eigenvalue weighted by molar-refractivity contribution is 7.25. The maximum Gasteiger partial charge on any atom is 0.187 e. The zero-order valence-corrected chi connectivity index (χ0v) is 28.2. The zero-order chi connectivity index (χ0) is 34.3. The smallest absolute Gasteiger partial charge is 0.187 e. The molecule has 5 heteroatoms. The average molecular weight is 669 g/mol. The number of anilines is 6. The molecule has 0 saturated carbocycles. The number of rotatable bonds is 6. The number of thiophene rings is 1. The standard InChI is InChI=1S/C46H28N4S/c1-48-36-14-20-38(21-15-36)50(40-19-13-33-7-3-5-9-35(33)27-40)42-23-25-44-43-24-22-41(28-45(43)51-46(44)29-42)49(37-16-10-31(30-47)11-17-37)39-18-12-32-6-2-4-8-34(32)26-39/h2-29H. The highest BCUT2D eigenvalue weighted by Gasteiger charge is 2.18. The first-order chi connectivity index (χ1) is 25.1. The van der Waals surface area contributed by atoms with Crippen molar-refractivity contribution in [3.05, 3.63) is 187 Å². The lowest BCUT2D eigenvalue weighted by Crippen LogP contribution is -2.09. The first-order valence-corrected chi connectivity index (χ1v) is 17.5. The molecule has 0 amide bonds. The van der Waals surface area contributed by atoms with Crippen LogP contribution < -0.4 is 9.80 Å². The molecule has 1 aromatic heterocycles. The highest BCUT2D eigenvalue weighted by Crippen LogP contribution is 2.44. The molecule has 0 unspecified atom stereocenters. The lowest BCUT2D eigenvalue weighted by Gasteiger charge is -2.26.